The van der Waals surface area contributed by atoms with E-state index in [-0.39, 0.29) is 0 Å². The van der Waals surface area contributed by atoms with Crippen molar-refractivity contribution in [2.24, 2.45) is 0 Å². The van der Waals surface area contributed by atoms with Crippen LogP contribution in [0.3, 0.4) is 0 Å². The zero-order valence-electron chi connectivity index (χ0n) is 10.7. The normalized spacial score (nSPS) is 25.6. The Morgan fingerprint density at radius 2 is 1.47 bits per heavy atom. The van der Waals surface area contributed by atoms with Crippen LogP contribution in [0.2, 0.25) is 0 Å². The molecule has 0 aromatic rings. The molecule has 0 saturated carbocycles. The van der Waals surface area contributed by atoms with Crippen LogP contribution >= 0.6 is 0 Å². The van der Waals surface area contributed by atoms with E-state index in [9.17, 15) is 19.2 Å². The second-order valence-corrected chi connectivity index (χ2v) is 3.94. The third-order valence-corrected chi connectivity index (χ3v) is 2.25. The Hall–Kier alpha value is -2.18. The molecule has 0 spiro atoms. The van der Waals surface area contributed by atoms with Crippen LogP contribution < -0.4 is 0 Å². The summed E-state index contributed by atoms with van der Waals surface area (Å²) in [6.07, 6.45) is -1.04. The molecule has 3 atom stereocenters. The van der Waals surface area contributed by atoms with E-state index in [0.29, 0.717) is 0 Å². The molecule has 0 fully saturated rings. The van der Waals surface area contributed by atoms with Crippen LogP contribution in [0.4, 0.5) is 0 Å². The smallest absolute Gasteiger partial charge is 0.303 e. The van der Waals surface area contributed by atoms with Crippen molar-refractivity contribution in [2.75, 3.05) is 0 Å². The van der Waals surface area contributed by atoms with E-state index in [2.05, 4.69) is 0 Å². The average Bonchev–Trinajstić information content (AvgIpc) is 2.25. The minimum atomic E-state index is -1.31. The summed E-state index contributed by atoms with van der Waals surface area (Å²) >= 11 is 0. The van der Waals surface area contributed by atoms with Crippen molar-refractivity contribution in [3.63, 3.8) is 0 Å². The first kappa shape index (κ1) is 14.9. The monoisotopic (exact) mass is 270 g/mol. The molecule has 0 aliphatic heterocycles. The highest BCUT2D eigenvalue weighted by Gasteiger charge is 2.42. The summed E-state index contributed by atoms with van der Waals surface area (Å²) in [5.41, 5.74) is 0. The topological polar surface area (TPSA) is 96.0 Å². The van der Waals surface area contributed by atoms with Gasteiger partial charge in [0.2, 0.25) is 6.10 Å². The van der Waals surface area contributed by atoms with Gasteiger partial charge in [-0.25, -0.2) is 0 Å². The second kappa shape index (κ2) is 6.12. The number of rotatable bonds is 3. The first-order valence-corrected chi connectivity index (χ1v) is 5.55. The van der Waals surface area contributed by atoms with Gasteiger partial charge in [-0.2, -0.15) is 0 Å². The summed E-state index contributed by atoms with van der Waals surface area (Å²) in [7, 11) is 0. The van der Waals surface area contributed by atoms with Crippen molar-refractivity contribution in [3.05, 3.63) is 12.2 Å². The summed E-state index contributed by atoms with van der Waals surface area (Å²) in [4.78, 5) is 44.6. The molecule has 7 nitrogen and oxygen atoms in total. The Balaban J connectivity index is 3.00. The number of ketones is 1. The van der Waals surface area contributed by atoms with E-state index in [4.69, 9.17) is 14.2 Å². The predicted octanol–water partition coefficient (Wildman–Crippen LogP) is -0.0796. The van der Waals surface area contributed by atoms with Crippen molar-refractivity contribution in [1.29, 1.82) is 0 Å². The number of ether oxygens (including phenoxy) is 3. The Labute approximate surface area is 109 Å². The Morgan fingerprint density at radius 1 is 0.947 bits per heavy atom. The molecule has 19 heavy (non-hydrogen) atoms. The van der Waals surface area contributed by atoms with Gasteiger partial charge in [0.1, 0.15) is 0 Å². The third kappa shape index (κ3) is 4.20. The largest absolute Gasteiger partial charge is 0.454 e. The molecule has 0 heterocycles. The fourth-order valence-electron chi connectivity index (χ4n) is 1.65. The lowest BCUT2D eigenvalue weighted by atomic mass is 9.97. The maximum atomic E-state index is 11.7. The first-order chi connectivity index (χ1) is 8.81. The molecule has 0 aromatic heterocycles. The highest BCUT2D eigenvalue weighted by Crippen LogP contribution is 2.20. The van der Waals surface area contributed by atoms with Gasteiger partial charge in [0.05, 0.1) is 0 Å². The molecule has 0 unspecified atom stereocenters. The molecule has 1 aliphatic carbocycles. The minimum absolute atomic E-state index is 0.537. The number of carbonyl (C=O) groups excluding carboxylic acids is 4. The number of esters is 3. The van der Waals surface area contributed by atoms with E-state index in [1.165, 1.54) is 13.0 Å². The highest BCUT2D eigenvalue weighted by molar-refractivity contribution is 5.96. The van der Waals surface area contributed by atoms with Crippen molar-refractivity contribution in [2.45, 2.75) is 39.1 Å². The van der Waals surface area contributed by atoms with E-state index < -0.39 is 42.0 Å². The number of hydrogen-bond acceptors (Lipinski definition) is 7. The van der Waals surface area contributed by atoms with Gasteiger partial charge in [-0.05, 0) is 12.2 Å². The van der Waals surface area contributed by atoms with Gasteiger partial charge in [0.25, 0.3) is 0 Å². The summed E-state index contributed by atoms with van der Waals surface area (Å²) in [6.45, 7) is 3.44. The fourth-order valence-corrected chi connectivity index (χ4v) is 1.65. The summed E-state index contributed by atoms with van der Waals surface area (Å²) in [5, 5.41) is 0. The Kier molecular flexibility index (Phi) is 4.80. The number of hydrogen-bond donors (Lipinski definition) is 0. The van der Waals surface area contributed by atoms with Crippen LogP contribution in [0.25, 0.3) is 0 Å². The van der Waals surface area contributed by atoms with Crippen LogP contribution in [0, 0.1) is 0 Å². The lowest BCUT2D eigenvalue weighted by Gasteiger charge is -2.31. The molecular weight excluding hydrogens is 256 g/mol. The fraction of sp³-hybridized carbons (Fsp3) is 0.500. The van der Waals surface area contributed by atoms with E-state index in [0.717, 1.165) is 19.9 Å². The average molecular weight is 270 g/mol. The van der Waals surface area contributed by atoms with Crippen molar-refractivity contribution >= 4 is 23.7 Å². The van der Waals surface area contributed by atoms with Crippen LogP contribution in [0.1, 0.15) is 20.8 Å². The standard InChI is InChI=1S/C12H14O7/c1-6(13)17-10-5-4-9(16)11(18-7(2)14)12(10)19-8(3)15/h4-5,10-12H,1-3H3/t10-,11+,12-/m0/s1. The molecule has 104 valence electrons. The van der Waals surface area contributed by atoms with Crippen molar-refractivity contribution < 1.29 is 33.4 Å². The zero-order valence-corrected chi connectivity index (χ0v) is 10.7. The van der Waals surface area contributed by atoms with E-state index in [1.54, 1.807) is 0 Å². The minimum Gasteiger partial charge on any atom is -0.454 e. The maximum absolute atomic E-state index is 11.7. The SMILES string of the molecule is CC(=O)O[C@H]1[C@@H](OC(C)=O)C=CC(=O)[C@H]1OC(C)=O. The molecular formula is C12H14O7. The van der Waals surface area contributed by atoms with Crippen molar-refractivity contribution in [3.8, 4) is 0 Å². The van der Waals surface area contributed by atoms with Crippen molar-refractivity contribution in [1.82, 2.24) is 0 Å². The molecule has 0 amide bonds. The molecule has 0 aromatic carbocycles. The summed E-state index contributed by atoms with van der Waals surface area (Å²) in [6, 6.07) is 0. The molecule has 0 saturated heterocycles. The summed E-state index contributed by atoms with van der Waals surface area (Å²) in [5.74, 6) is -2.53. The van der Waals surface area contributed by atoms with Gasteiger partial charge >= 0.3 is 17.9 Å². The van der Waals surface area contributed by atoms with Gasteiger partial charge in [-0.1, -0.05) is 0 Å². The quantitative estimate of drug-likeness (QED) is 0.522. The maximum Gasteiger partial charge on any atom is 0.303 e. The zero-order chi connectivity index (χ0) is 14.6. The molecule has 1 aliphatic rings. The highest BCUT2D eigenvalue weighted by atomic mass is 16.6. The van der Waals surface area contributed by atoms with Gasteiger partial charge in [-0.3, -0.25) is 19.2 Å². The van der Waals surface area contributed by atoms with Gasteiger partial charge in [-0.15, -0.1) is 0 Å². The van der Waals surface area contributed by atoms with Crippen LogP contribution in [-0.4, -0.2) is 42.0 Å². The molecule has 1 rings (SSSR count). The van der Waals surface area contributed by atoms with Crippen LogP contribution in [0.5, 0.6) is 0 Å². The van der Waals surface area contributed by atoms with Gasteiger partial charge in [0, 0.05) is 20.8 Å². The lowest BCUT2D eigenvalue weighted by molar-refractivity contribution is -0.181. The van der Waals surface area contributed by atoms with E-state index >= 15 is 0 Å². The number of carbonyl (C=O) groups is 4. The summed E-state index contributed by atoms with van der Waals surface area (Å²) < 4.78 is 14.7. The predicted molar refractivity (Wildman–Crippen MR) is 60.8 cm³/mol. The first-order valence-electron chi connectivity index (χ1n) is 5.55. The second-order valence-electron chi connectivity index (χ2n) is 3.94. The molecule has 0 bridgehead atoms. The Morgan fingerprint density at radius 3 is 1.95 bits per heavy atom. The van der Waals surface area contributed by atoms with Gasteiger partial charge in [0.15, 0.2) is 18.0 Å². The molecule has 0 N–H and O–H groups in total. The molecule has 0 radical (unpaired) electrons. The van der Waals surface area contributed by atoms with E-state index in [1.807, 2.05) is 0 Å². The Bertz CT molecular complexity index is 437. The molecule has 7 heteroatoms. The van der Waals surface area contributed by atoms with Crippen LogP contribution in [0.15, 0.2) is 12.2 Å². The lowest BCUT2D eigenvalue weighted by Crippen LogP contribution is -2.50. The third-order valence-electron chi connectivity index (χ3n) is 2.25. The van der Waals surface area contributed by atoms with Crippen LogP contribution in [-0.2, 0) is 33.4 Å². The van der Waals surface area contributed by atoms with Gasteiger partial charge < -0.3 is 14.2 Å².